The summed E-state index contributed by atoms with van der Waals surface area (Å²) in [5, 5.41) is 3.22. The molecule has 1 aromatic heterocycles. The van der Waals surface area contributed by atoms with Crippen molar-refractivity contribution in [3.05, 3.63) is 83.7 Å². The third-order valence-corrected chi connectivity index (χ3v) is 6.27. The zero-order chi connectivity index (χ0) is 20.1. The number of aryl methyl sites for hydroxylation is 1. The molecule has 0 aliphatic heterocycles. The average Bonchev–Trinajstić information content (AvgIpc) is 3.17. The summed E-state index contributed by atoms with van der Waals surface area (Å²) in [5.74, 6) is 0.132. The fourth-order valence-corrected chi connectivity index (χ4v) is 4.31. The molecule has 0 amide bonds. The Balaban J connectivity index is 1.74. The van der Waals surface area contributed by atoms with E-state index in [9.17, 15) is 13.2 Å². The first-order valence-electron chi connectivity index (χ1n) is 9.27. The Morgan fingerprint density at radius 1 is 1.00 bits per heavy atom. The molecule has 1 heterocycles. The molecule has 0 atom stereocenters. The minimum Gasteiger partial charge on any atom is -0.379 e. The van der Waals surface area contributed by atoms with Crippen LogP contribution in [0.15, 0.2) is 71.8 Å². The molecule has 146 valence electrons. The molecule has 2 aromatic carbocycles. The average molecular weight is 397 g/mol. The van der Waals surface area contributed by atoms with E-state index >= 15 is 0 Å². The molecule has 0 spiro atoms. The molecule has 0 fully saturated rings. The number of aromatic nitrogens is 1. The number of nitrogens with one attached hydrogen (secondary N) is 1. The zero-order valence-corrected chi connectivity index (χ0v) is 16.9. The van der Waals surface area contributed by atoms with Gasteiger partial charge in [-0.25, -0.2) is 12.4 Å². The van der Waals surface area contributed by atoms with Crippen LogP contribution in [0.2, 0.25) is 0 Å². The maximum absolute atomic E-state index is 12.9. The molecule has 0 radical (unpaired) electrons. The smallest absolute Gasteiger partial charge is 0.267 e. The van der Waals surface area contributed by atoms with Gasteiger partial charge in [0.05, 0.1) is 17.1 Å². The molecule has 0 aliphatic carbocycles. The van der Waals surface area contributed by atoms with Crippen LogP contribution < -0.4 is 5.32 Å². The predicted octanol–water partition coefficient (Wildman–Crippen LogP) is 4.63. The van der Waals surface area contributed by atoms with Crippen LogP contribution in [0.5, 0.6) is 0 Å². The van der Waals surface area contributed by atoms with Crippen LogP contribution in [0.1, 0.15) is 41.4 Å². The summed E-state index contributed by atoms with van der Waals surface area (Å²) in [6.07, 6.45) is 2.92. The van der Waals surface area contributed by atoms with Crippen LogP contribution >= 0.6 is 0 Å². The molecule has 6 heteroatoms. The summed E-state index contributed by atoms with van der Waals surface area (Å²) >= 11 is 0. The number of nitrogens with zero attached hydrogens (tertiary/aromatic N) is 1. The first kappa shape index (κ1) is 19.9. The van der Waals surface area contributed by atoms with Gasteiger partial charge in [0, 0.05) is 23.9 Å². The van der Waals surface area contributed by atoms with Gasteiger partial charge in [0.2, 0.25) is 0 Å². The van der Waals surface area contributed by atoms with Gasteiger partial charge in [0.25, 0.3) is 10.0 Å². The number of Topliss-reactive ketones (excluding diaryl/α,β-unsaturated/α-hetero) is 1. The lowest BCUT2D eigenvalue weighted by Crippen LogP contribution is -2.16. The van der Waals surface area contributed by atoms with Crippen LogP contribution in [-0.4, -0.2) is 18.2 Å². The van der Waals surface area contributed by atoms with Gasteiger partial charge in [-0.05, 0) is 61.9 Å². The van der Waals surface area contributed by atoms with E-state index in [-0.39, 0.29) is 10.7 Å². The van der Waals surface area contributed by atoms with E-state index in [1.807, 2.05) is 26.0 Å². The lowest BCUT2D eigenvalue weighted by atomic mass is 10.1. The van der Waals surface area contributed by atoms with Gasteiger partial charge in [-0.2, -0.15) is 0 Å². The SMILES string of the molecule is CCCC(=O)c1ccc(NCc2cccn2S(=O)(=O)c2ccc(C)cc2)cc1. The molecule has 0 saturated heterocycles. The summed E-state index contributed by atoms with van der Waals surface area (Å²) in [6.45, 7) is 4.25. The van der Waals surface area contributed by atoms with Crippen molar-refractivity contribution in [1.29, 1.82) is 0 Å². The van der Waals surface area contributed by atoms with Gasteiger partial charge in [0.1, 0.15) is 0 Å². The molecule has 1 N–H and O–H groups in total. The molecule has 0 saturated carbocycles. The van der Waals surface area contributed by atoms with Crippen LogP contribution in [-0.2, 0) is 16.6 Å². The fraction of sp³-hybridized carbons (Fsp3) is 0.227. The first-order valence-corrected chi connectivity index (χ1v) is 10.7. The van der Waals surface area contributed by atoms with E-state index in [0.29, 0.717) is 24.2 Å². The van der Waals surface area contributed by atoms with E-state index < -0.39 is 10.0 Å². The molecular formula is C22H24N2O3S. The van der Waals surface area contributed by atoms with Crippen molar-refractivity contribution >= 4 is 21.5 Å². The number of hydrogen-bond acceptors (Lipinski definition) is 4. The molecule has 3 rings (SSSR count). The van der Waals surface area contributed by atoms with Crippen LogP contribution in [0.25, 0.3) is 0 Å². The Hall–Kier alpha value is -2.86. The number of rotatable bonds is 8. The molecular weight excluding hydrogens is 372 g/mol. The monoisotopic (exact) mass is 396 g/mol. The number of carbonyl (C=O) groups is 1. The van der Waals surface area contributed by atoms with Gasteiger partial charge in [-0.15, -0.1) is 0 Å². The standard InChI is InChI=1S/C22H24N2O3S/c1-3-5-22(25)18-9-11-19(12-10-18)23-16-20-6-4-15-24(20)28(26,27)21-13-7-17(2)8-14-21/h4,6-15,23H,3,5,16H2,1-2H3. The van der Waals surface area contributed by atoms with E-state index in [1.54, 1.807) is 54.7 Å². The Morgan fingerprint density at radius 2 is 1.68 bits per heavy atom. The third-order valence-electron chi connectivity index (χ3n) is 4.53. The third kappa shape index (κ3) is 4.34. The van der Waals surface area contributed by atoms with Crippen molar-refractivity contribution in [2.45, 2.75) is 38.1 Å². The minimum atomic E-state index is -3.64. The highest BCUT2D eigenvalue weighted by atomic mass is 32.2. The highest BCUT2D eigenvalue weighted by Crippen LogP contribution is 2.19. The van der Waals surface area contributed by atoms with Gasteiger partial charge >= 0.3 is 0 Å². The first-order chi connectivity index (χ1) is 13.4. The molecule has 5 nitrogen and oxygen atoms in total. The van der Waals surface area contributed by atoms with E-state index in [1.165, 1.54) is 3.97 Å². The highest BCUT2D eigenvalue weighted by molar-refractivity contribution is 7.90. The van der Waals surface area contributed by atoms with E-state index in [0.717, 1.165) is 17.7 Å². The Kier molecular flexibility index (Phi) is 5.99. The van der Waals surface area contributed by atoms with Gasteiger partial charge < -0.3 is 5.32 Å². The second-order valence-corrected chi connectivity index (χ2v) is 8.53. The predicted molar refractivity (Wildman–Crippen MR) is 111 cm³/mol. The number of hydrogen-bond donors (Lipinski definition) is 1. The second-order valence-electron chi connectivity index (χ2n) is 6.72. The molecule has 3 aromatic rings. The fourth-order valence-electron chi connectivity index (χ4n) is 2.93. The minimum absolute atomic E-state index is 0.132. The lowest BCUT2D eigenvalue weighted by Gasteiger charge is -2.12. The van der Waals surface area contributed by atoms with Gasteiger partial charge in [-0.1, -0.05) is 24.6 Å². The van der Waals surface area contributed by atoms with Crippen molar-refractivity contribution in [2.75, 3.05) is 5.32 Å². The van der Waals surface area contributed by atoms with Crippen molar-refractivity contribution in [2.24, 2.45) is 0 Å². The number of ketones is 1. The summed E-state index contributed by atoms with van der Waals surface area (Å²) in [7, 11) is -3.64. The maximum atomic E-state index is 12.9. The quantitative estimate of drug-likeness (QED) is 0.564. The van der Waals surface area contributed by atoms with Crippen molar-refractivity contribution in [1.82, 2.24) is 3.97 Å². The summed E-state index contributed by atoms with van der Waals surface area (Å²) in [5.41, 5.74) is 3.16. The second kappa shape index (κ2) is 8.44. The van der Waals surface area contributed by atoms with Crippen molar-refractivity contribution in [3.8, 4) is 0 Å². The van der Waals surface area contributed by atoms with E-state index in [2.05, 4.69) is 5.32 Å². The highest BCUT2D eigenvalue weighted by Gasteiger charge is 2.18. The maximum Gasteiger partial charge on any atom is 0.267 e. The Bertz CT molecular complexity index is 1050. The van der Waals surface area contributed by atoms with E-state index in [4.69, 9.17) is 0 Å². The largest absolute Gasteiger partial charge is 0.379 e. The summed E-state index contributed by atoms with van der Waals surface area (Å²) in [4.78, 5) is 12.2. The topological polar surface area (TPSA) is 68.2 Å². The molecule has 28 heavy (non-hydrogen) atoms. The molecule has 0 unspecified atom stereocenters. The van der Waals surface area contributed by atoms with Crippen molar-refractivity contribution < 1.29 is 13.2 Å². The molecule has 0 bridgehead atoms. The van der Waals surface area contributed by atoms with Gasteiger partial charge in [0.15, 0.2) is 5.78 Å². The zero-order valence-electron chi connectivity index (χ0n) is 16.1. The number of benzene rings is 2. The lowest BCUT2D eigenvalue weighted by molar-refractivity contribution is 0.0981. The molecule has 0 aliphatic rings. The summed E-state index contributed by atoms with van der Waals surface area (Å²) < 4.78 is 27.1. The Labute approximate surface area is 166 Å². The number of carbonyl (C=O) groups excluding carboxylic acids is 1. The van der Waals surface area contributed by atoms with Crippen LogP contribution in [0, 0.1) is 6.92 Å². The van der Waals surface area contributed by atoms with Crippen LogP contribution in [0.3, 0.4) is 0 Å². The van der Waals surface area contributed by atoms with Gasteiger partial charge in [-0.3, -0.25) is 4.79 Å². The normalized spacial score (nSPS) is 11.4. The number of anilines is 1. The summed E-state index contributed by atoms with van der Waals surface area (Å²) in [6, 6.07) is 17.6. The van der Waals surface area contributed by atoms with Crippen LogP contribution in [0.4, 0.5) is 5.69 Å². The van der Waals surface area contributed by atoms with Crippen molar-refractivity contribution in [3.63, 3.8) is 0 Å². The Morgan fingerprint density at radius 3 is 2.32 bits per heavy atom.